The lowest BCUT2D eigenvalue weighted by atomic mass is 9.68. The monoisotopic (exact) mass is 317 g/mol. The molecule has 3 saturated carbocycles. The molecule has 0 spiro atoms. The van der Waals surface area contributed by atoms with Crippen LogP contribution in [0.15, 0.2) is 5.16 Å². The first-order chi connectivity index (χ1) is 8.56. The van der Waals surface area contributed by atoms with Crippen LogP contribution in [0.25, 0.3) is 0 Å². The van der Waals surface area contributed by atoms with E-state index in [1.54, 1.807) is 0 Å². The molecule has 0 saturated heterocycles. The number of alkyl halides is 1. The molecule has 1 N–H and O–H groups in total. The normalized spacial score (nSPS) is 31.2. The number of oxime groups is 1. The van der Waals surface area contributed by atoms with Crippen LogP contribution >= 0.6 is 15.9 Å². The van der Waals surface area contributed by atoms with Gasteiger partial charge in [0.1, 0.15) is 5.60 Å². The highest BCUT2D eigenvalue weighted by molar-refractivity contribution is 9.09. The third-order valence-electron chi connectivity index (χ3n) is 3.94. The summed E-state index contributed by atoms with van der Waals surface area (Å²) in [7, 11) is 0. The molecule has 3 aliphatic rings. The van der Waals surface area contributed by atoms with E-state index >= 15 is 0 Å². The molecule has 100 valence electrons. The topological polar surface area (TPSA) is 76.0 Å². The lowest BCUT2D eigenvalue weighted by molar-refractivity contribution is -0.132. The van der Waals surface area contributed by atoms with Crippen LogP contribution in [0.4, 0.5) is 0 Å². The van der Waals surface area contributed by atoms with Gasteiger partial charge in [0.25, 0.3) is 0 Å². The molecule has 2 bridgehead atoms. The van der Waals surface area contributed by atoms with Gasteiger partial charge < -0.3 is 9.94 Å². The number of fused-ring (bicyclic) bond motifs is 3. The number of halogens is 1. The average molecular weight is 318 g/mol. The molecular weight excluding hydrogens is 302 g/mol. The summed E-state index contributed by atoms with van der Waals surface area (Å²) in [5.41, 5.74) is -0.851. The summed E-state index contributed by atoms with van der Waals surface area (Å²) in [6.07, 6.45) is 6.09. The summed E-state index contributed by atoms with van der Waals surface area (Å²) in [6.45, 7) is 0. The Morgan fingerprint density at radius 1 is 1.28 bits per heavy atom. The second kappa shape index (κ2) is 5.38. The molecule has 3 aliphatic carbocycles. The molecule has 3 fully saturated rings. The molecular formula is C12H16BrNO4. The van der Waals surface area contributed by atoms with Crippen molar-refractivity contribution in [3.05, 3.63) is 0 Å². The molecule has 0 radical (unpaired) electrons. The number of carboxylic acid groups (broad SMARTS) is 1. The van der Waals surface area contributed by atoms with E-state index < -0.39 is 17.5 Å². The molecule has 5 nitrogen and oxygen atoms in total. The first kappa shape index (κ1) is 13.5. The van der Waals surface area contributed by atoms with Gasteiger partial charge in [-0.1, -0.05) is 21.1 Å². The number of hydrogen-bond donors (Lipinski definition) is 1. The number of aliphatic carboxylic acids is 1. The van der Waals surface area contributed by atoms with Crippen LogP contribution in [-0.4, -0.2) is 33.5 Å². The molecule has 0 unspecified atom stereocenters. The van der Waals surface area contributed by atoms with E-state index in [-0.39, 0.29) is 10.9 Å². The lowest BCUT2D eigenvalue weighted by Crippen LogP contribution is -2.42. The average Bonchev–Trinajstić information content (AvgIpc) is 2.40. The summed E-state index contributed by atoms with van der Waals surface area (Å²) >= 11 is 2.94. The fourth-order valence-corrected chi connectivity index (χ4v) is 3.03. The first-order valence-electron chi connectivity index (χ1n) is 6.15. The van der Waals surface area contributed by atoms with Crippen LogP contribution in [0.3, 0.4) is 0 Å². The Balaban J connectivity index is 2.07. The summed E-state index contributed by atoms with van der Waals surface area (Å²) in [4.78, 5) is 27.8. The van der Waals surface area contributed by atoms with Crippen LogP contribution in [0.5, 0.6) is 0 Å². The van der Waals surface area contributed by atoms with Crippen molar-refractivity contribution >= 4 is 33.4 Å². The highest BCUT2D eigenvalue weighted by Gasteiger charge is 2.43. The van der Waals surface area contributed by atoms with Gasteiger partial charge >= 0.3 is 5.97 Å². The lowest BCUT2D eigenvalue weighted by Gasteiger charge is -2.44. The van der Waals surface area contributed by atoms with Crippen LogP contribution in [0.1, 0.15) is 38.5 Å². The molecule has 6 heteroatoms. The van der Waals surface area contributed by atoms with Gasteiger partial charge in [0, 0.05) is 0 Å². The third-order valence-corrected chi connectivity index (χ3v) is 4.45. The Morgan fingerprint density at radius 3 is 2.28 bits per heavy atom. The van der Waals surface area contributed by atoms with Crippen LogP contribution < -0.4 is 0 Å². The minimum atomic E-state index is -1.33. The van der Waals surface area contributed by atoms with E-state index in [1.165, 1.54) is 0 Å². The third kappa shape index (κ3) is 2.74. The molecule has 0 heterocycles. The molecule has 0 aliphatic heterocycles. The van der Waals surface area contributed by atoms with Gasteiger partial charge in [-0.3, -0.25) is 4.79 Å². The molecule has 0 aromatic carbocycles. The van der Waals surface area contributed by atoms with Gasteiger partial charge in [0.2, 0.25) is 11.5 Å². The maximum Gasteiger partial charge on any atom is 0.361 e. The van der Waals surface area contributed by atoms with E-state index in [0.717, 1.165) is 44.4 Å². The Hall–Kier alpha value is -0.910. The highest BCUT2D eigenvalue weighted by atomic mass is 79.9. The summed E-state index contributed by atoms with van der Waals surface area (Å²) in [5, 5.41) is 12.5. The Labute approximate surface area is 114 Å². The van der Waals surface area contributed by atoms with Gasteiger partial charge in [-0.05, 0) is 44.4 Å². The largest absolute Gasteiger partial charge is 0.476 e. The molecule has 0 aromatic heterocycles. The van der Waals surface area contributed by atoms with Crippen molar-refractivity contribution in [2.75, 3.05) is 5.33 Å². The summed E-state index contributed by atoms with van der Waals surface area (Å²) in [5.74, 6) is -1.11. The number of rotatable bonds is 5. The number of carbonyl (C=O) groups excluding carboxylic acids is 1. The van der Waals surface area contributed by atoms with Crippen molar-refractivity contribution in [1.82, 2.24) is 0 Å². The number of carboxylic acids is 1. The maximum absolute atomic E-state index is 11.4. The van der Waals surface area contributed by atoms with Crippen LogP contribution in [-0.2, 0) is 14.4 Å². The van der Waals surface area contributed by atoms with Crippen molar-refractivity contribution in [2.24, 2.45) is 11.1 Å². The minimum absolute atomic E-state index is 0.0590. The maximum atomic E-state index is 11.4. The van der Waals surface area contributed by atoms with E-state index in [2.05, 4.69) is 21.1 Å². The minimum Gasteiger partial charge on any atom is -0.476 e. The molecule has 3 rings (SSSR count). The highest BCUT2D eigenvalue weighted by Crippen LogP contribution is 2.46. The summed E-state index contributed by atoms with van der Waals surface area (Å²) in [6, 6.07) is 0. The van der Waals surface area contributed by atoms with Crippen LogP contribution in [0.2, 0.25) is 0 Å². The van der Waals surface area contributed by atoms with E-state index in [9.17, 15) is 9.59 Å². The Kier molecular flexibility index (Phi) is 4.04. The second-order valence-electron chi connectivity index (χ2n) is 5.06. The van der Waals surface area contributed by atoms with E-state index in [1.807, 2.05) is 0 Å². The van der Waals surface area contributed by atoms with Crippen molar-refractivity contribution in [2.45, 2.75) is 44.1 Å². The number of nitrogens with zero attached hydrogens (tertiary/aromatic N) is 1. The van der Waals surface area contributed by atoms with E-state index in [0.29, 0.717) is 0 Å². The number of hydrogen-bond acceptors (Lipinski definition) is 4. The van der Waals surface area contributed by atoms with Crippen molar-refractivity contribution in [1.29, 1.82) is 0 Å². The van der Waals surface area contributed by atoms with Crippen molar-refractivity contribution in [3.8, 4) is 0 Å². The van der Waals surface area contributed by atoms with Crippen LogP contribution in [0, 0.1) is 5.92 Å². The molecule has 18 heavy (non-hydrogen) atoms. The van der Waals surface area contributed by atoms with Crippen molar-refractivity contribution < 1.29 is 19.5 Å². The first-order valence-corrected chi connectivity index (χ1v) is 7.27. The molecule has 0 atom stereocenters. The standard InChI is InChI=1S/C12H16BrNO4/c13-7-9(15)10(11(16)17)14-18-12-4-1-8(2-5-12)3-6-12/h8H,1-7H2,(H,16,17)/b14-10-. The van der Waals surface area contributed by atoms with Gasteiger partial charge in [0.15, 0.2) is 0 Å². The Morgan fingerprint density at radius 2 is 1.83 bits per heavy atom. The molecule has 0 amide bonds. The quantitative estimate of drug-likeness (QED) is 0.365. The second-order valence-corrected chi connectivity index (χ2v) is 5.62. The smallest absolute Gasteiger partial charge is 0.361 e. The zero-order valence-electron chi connectivity index (χ0n) is 10.0. The predicted octanol–water partition coefficient (Wildman–Crippen LogP) is 2.13. The summed E-state index contributed by atoms with van der Waals surface area (Å²) < 4.78 is 0. The fourth-order valence-electron chi connectivity index (χ4n) is 2.76. The zero-order valence-corrected chi connectivity index (χ0v) is 11.6. The number of Topliss-reactive ketones (excluding diaryl/α,β-unsaturated/α-hetero) is 1. The number of ketones is 1. The zero-order chi connectivity index (χ0) is 13.2. The Bertz CT molecular complexity index is 372. The fraction of sp³-hybridized carbons (Fsp3) is 0.750. The molecule has 0 aromatic rings. The van der Waals surface area contributed by atoms with E-state index in [4.69, 9.17) is 9.94 Å². The SMILES string of the molecule is O=C(O)/C(=N\OC12CCC(CC1)CC2)C(=O)CBr. The van der Waals surface area contributed by atoms with Gasteiger partial charge in [-0.2, -0.15) is 0 Å². The van der Waals surface area contributed by atoms with Gasteiger partial charge in [-0.25, -0.2) is 4.79 Å². The van der Waals surface area contributed by atoms with Gasteiger partial charge in [-0.15, -0.1) is 0 Å². The predicted molar refractivity (Wildman–Crippen MR) is 68.9 cm³/mol. The van der Waals surface area contributed by atoms with Gasteiger partial charge in [0.05, 0.1) is 5.33 Å². The number of carbonyl (C=O) groups is 2. The van der Waals surface area contributed by atoms with Crippen molar-refractivity contribution in [3.63, 3.8) is 0 Å².